The Morgan fingerprint density at radius 1 is 1.69 bits per heavy atom. The Kier molecular flexibility index (Phi) is 3.75. The van der Waals surface area contributed by atoms with Gasteiger partial charge in [0.05, 0.1) is 20.0 Å². The van der Waals surface area contributed by atoms with E-state index in [2.05, 4.69) is 0 Å². The molecule has 0 bridgehead atoms. The van der Waals surface area contributed by atoms with Gasteiger partial charge in [-0.05, 0) is 31.3 Å². The van der Waals surface area contributed by atoms with Crippen molar-refractivity contribution in [3.8, 4) is 0 Å². The van der Waals surface area contributed by atoms with Gasteiger partial charge in [0, 0.05) is 12.0 Å². The molecular weight excluding hydrogens is 166 g/mol. The lowest BCUT2D eigenvalue weighted by Gasteiger charge is -2.35. The summed E-state index contributed by atoms with van der Waals surface area (Å²) < 4.78 is 4.98. The van der Waals surface area contributed by atoms with E-state index in [1.807, 2.05) is 0 Å². The summed E-state index contributed by atoms with van der Waals surface area (Å²) in [4.78, 5) is 0. The van der Waals surface area contributed by atoms with Crippen LogP contribution >= 0.6 is 0 Å². The second-order valence-corrected chi connectivity index (χ2v) is 3.90. The van der Waals surface area contributed by atoms with Gasteiger partial charge >= 0.3 is 0 Å². The van der Waals surface area contributed by atoms with E-state index in [-0.39, 0.29) is 12.0 Å². The van der Waals surface area contributed by atoms with Crippen molar-refractivity contribution in [3.63, 3.8) is 0 Å². The first-order chi connectivity index (χ1) is 6.26. The zero-order valence-corrected chi connectivity index (χ0v) is 8.25. The van der Waals surface area contributed by atoms with E-state index >= 15 is 0 Å². The van der Waals surface area contributed by atoms with Gasteiger partial charge in [-0.15, -0.1) is 0 Å². The van der Waals surface area contributed by atoms with Crippen LogP contribution in [0.5, 0.6) is 0 Å². The fourth-order valence-electron chi connectivity index (χ4n) is 1.99. The third-order valence-electron chi connectivity index (χ3n) is 2.86. The highest BCUT2D eigenvalue weighted by Gasteiger charge is 2.32. The van der Waals surface area contributed by atoms with Crippen LogP contribution in [0.3, 0.4) is 0 Å². The Labute approximate surface area is 79.6 Å². The first-order valence-electron chi connectivity index (χ1n) is 4.78. The molecule has 3 N–H and O–H groups in total. The molecule has 0 spiro atoms. The molecular formula is C10H19NO2. The average molecular weight is 185 g/mol. The van der Waals surface area contributed by atoms with Crippen LogP contribution in [0.4, 0.5) is 0 Å². The normalized spacial score (nSPS) is 32.1. The van der Waals surface area contributed by atoms with Gasteiger partial charge in [0.25, 0.3) is 0 Å². The quantitative estimate of drug-likeness (QED) is 0.646. The third kappa shape index (κ3) is 2.45. The number of hydrogen-bond donors (Lipinski definition) is 2. The summed E-state index contributed by atoms with van der Waals surface area (Å²) in [7, 11) is 1.66. The number of allylic oxidation sites excluding steroid dienone is 1. The number of methoxy groups -OCH3 is 1. The minimum absolute atomic E-state index is 0.0807. The molecule has 1 aliphatic rings. The van der Waals surface area contributed by atoms with Gasteiger partial charge in [-0.2, -0.15) is 0 Å². The second-order valence-electron chi connectivity index (χ2n) is 3.90. The molecule has 0 saturated heterocycles. The number of hydrogen-bond acceptors (Lipinski definition) is 3. The Balaban J connectivity index is 2.63. The molecule has 3 heteroatoms. The van der Waals surface area contributed by atoms with Crippen LogP contribution in [0, 0.1) is 5.41 Å². The molecule has 1 aliphatic carbocycles. The molecule has 0 aromatic heterocycles. The largest absolute Gasteiger partial charge is 0.504 e. The maximum absolute atomic E-state index is 9.28. The molecule has 1 saturated carbocycles. The fourth-order valence-corrected chi connectivity index (χ4v) is 1.99. The molecule has 0 aromatic carbocycles. The summed E-state index contributed by atoms with van der Waals surface area (Å²) in [5.74, 6) is 0. The second kappa shape index (κ2) is 4.63. The molecule has 0 aromatic rings. The van der Waals surface area contributed by atoms with Crippen molar-refractivity contribution in [1.82, 2.24) is 0 Å². The minimum Gasteiger partial charge on any atom is -0.504 e. The van der Waals surface area contributed by atoms with Gasteiger partial charge in [-0.25, -0.2) is 0 Å². The first-order valence-corrected chi connectivity index (χ1v) is 4.78. The fraction of sp³-hybridized carbons (Fsp3) is 0.800. The van der Waals surface area contributed by atoms with E-state index in [0.717, 1.165) is 25.7 Å². The maximum Gasteiger partial charge on any atom is 0.0816 e. The Bertz CT molecular complexity index is 185. The van der Waals surface area contributed by atoms with E-state index in [0.29, 0.717) is 6.54 Å². The highest BCUT2D eigenvalue weighted by Crippen LogP contribution is 2.37. The summed E-state index contributed by atoms with van der Waals surface area (Å²) in [5, 5.41) is 9.28. The predicted molar refractivity (Wildman–Crippen MR) is 52.1 cm³/mol. The van der Waals surface area contributed by atoms with Crippen LogP contribution in [0.2, 0.25) is 0 Å². The highest BCUT2D eigenvalue weighted by atomic mass is 16.5. The smallest absolute Gasteiger partial charge is 0.0816 e. The SMILES string of the molecule is CO/C=C1\CCCC(CN)(CO)C1. The van der Waals surface area contributed by atoms with Crippen molar-refractivity contribution in [2.24, 2.45) is 11.1 Å². The van der Waals surface area contributed by atoms with Crippen molar-refractivity contribution in [1.29, 1.82) is 0 Å². The van der Waals surface area contributed by atoms with Crippen LogP contribution in [0.25, 0.3) is 0 Å². The average Bonchev–Trinajstić information content (AvgIpc) is 2.19. The van der Waals surface area contributed by atoms with Crippen LogP contribution in [0.15, 0.2) is 11.8 Å². The number of nitrogens with two attached hydrogens (primary N) is 1. The topological polar surface area (TPSA) is 55.5 Å². The zero-order chi connectivity index (χ0) is 9.73. The van der Waals surface area contributed by atoms with Crippen molar-refractivity contribution < 1.29 is 9.84 Å². The maximum atomic E-state index is 9.28. The number of aliphatic hydroxyl groups is 1. The molecule has 0 radical (unpaired) electrons. The molecule has 13 heavy (non-hydrogen) atoms. The highest BCUT2D eigenvalue weighted by molar-refractivity contribution is 5.07. The van der Waals surface area contributed by atoms with Crippen molar-refractivity contribution in [3.05, 3.63) is 11.8 Å². The lowest BCUT2D eigenvalue weighted by Crippen LogP contribution is -2.36. The predicted octanol–water partition coefficient (Wildman–Crippen LogP) is 1.03. The molecule has 1 unspecified atom stereocenters. The van der Waals surface area contributed by atoms with Crippen molar-refractivity contribution in [2.75, 3.05) is 20.3 Å². The van der Waals surface area contributed by atoms with Gasteiger partial charge in [0.1, 0.15) is 0 Å². The summed E-state index contributed by atoms with van der Waals surface area (Å²) in [5.41, 5.74) is 6.87. The van der Waals surface area contributed by atoms with E-state index in [1.165, 1.54) is 5.57 Å². The third-order valence-corrected chi connectivity index (χ3v) is 2.86. The van der Waals surface area contributed by atoms with Gasteiger partial charge in [-0.3, -0.25) is 0 Å². The molecule has 1 atom stereocenters. The van der Waals surface area contributed by atoms with Crippen LogP contribution in [-0.4, -0.2) is 25.4 Å². The monoisotopic (exact) mass is 185 g/mol. The van der Waals surface area contributed by atoms with Gasteiger partial charge in [0.2, 0.25) is 0 Å². The van der Waals surface area contributed by atoms with E-state index in [4.69, 9.17) is 10.5 Å². The van der Waals surface area contributed by atoms with Crippen molar-refractivity contribution in [2.45, 2.75) is 25.7 Å². The van der Waals surface area contributed by atoms with Crippen molar-refractivity contribution >= 4 is 0 Å². The van der Waals surface area contributed by atoms with E-state index in [1.54, 1.807) is 13.4 Å². The number of rotatable bonds is 3. The van der Waals surface area contributed by atoms with Crippen LogP contribution in [0.1, 0.15) is 25.7 Å². The summed E-state index contributed by atoms with van der Waals surface area (Å²) >= 11 is 0. The van der Waals surface area contributed by atoms with Gasteiger partial charge < -0.3 is 15.6 Å². The molecule has 1 fully saturated rings. The zero-order valence-electron chi connectivity index (χ0n) is 8.25. The Hall–Kier alpha value is -0.540. The van der Waals surface area contributed by atoms with E-state index < -0.39 is 0 Å². The summed E-state index contributed by atoms with van der Waals surface area (Å²) in [6, 6.07) is 0. The summed E-state index contributed by atoms with van der Waals surface area (Å²) in [6.07, 6.45) is 5.89. The Morgan fingerprint density at radius 3 is 3.00 bits per heavy atom. The van der Waals surface area contributed by atoms with Gasteiger partial charge in [-0.1, -0.05) is 0 Å². The first kappa shape index (κ1) is 10.5. The molecule has 0 heterocycles. The molecule has 0 aliphatic heterocycles. The lowest BCUT2D eigenvalue weighted by molar-refractivity contribution is 0.106. The van der Waals surface area contributed by atoms with Crippen LogP contribution < -0.4 is 5.73 Å². The molecule has 76 valence electrons. The molecule has 0 amide bonds. The number of aliphatic hydroxyl groups excluding tert-OH is 1. The summed E-state index contributed by atoms with van der Waals surface area (Å²) in [6.45, 7) is 0.745. The lowest BCUT2D eigenvalue weighted by atomic mass is 9.73. The number of ether oxygens (including phenoxy) is 1. The van der Waals surface area contributed by atoms with Crippen LogP contribution in [-0.2, 0) is 4.74 Å². The minimum atomic E-state index is -0.0807. The standard InChI is InChI=1S/C10H19NO2/c1-13-6-9-3-2-4-10(5-9,7-11)8-12/h6,12H,2-5,7-8,11H2,1H3/b9-6+. The molecule has 1 rings (SSSR count). The Morgan fingerprint density at radius 2 is 2.46 bits per heavy atom. The van der Waals surface area contributed by atoms with Gasteiger partial charge in [0.15, 0.2) is 0 Å². The van der Waals surface area contributed by atoms with E-state index in [9.17, 15) is 5.11 Å². The molecule has 3 nitrogen and oxygen atoms in total.